The molecule has 3 N–H and O–H groups in total. The Kier molecular flexibility index (Phi) is 5.14. The SMILES string of the molecule is Cc1cccc(NC(=O)C[NH+](C)Cc2nc3ccccc3c(=O)[nH]2)c1C. The van der Waals surface area contributed by atoms with Gasteiger partial charge in [0.15, 0.2) is 12.4 Å². The number of anilines is 1. The molecule has 2 aromatic carbocycles. The number of fused-ring (bicyclic) bond motifs is 1. The van der Waals surface area contributed by atoms with Gasteiger partial charge in [-0.1, -0.05) is 24.3 Å². The van der Waals surface area contributed by atoms with Crippen LogP contribution in [0.4, 0.5) is 5.69 Å². The molecule has 3 rings (SSSR count). The van der Waals surface area contributed by atoms with E-state index in [1.807, 2.05) is 57.3 Å². The van der Waals surface area contributed by atoms with E-state index >= 15 is 0 Å². The molecule has 3 aromatic rings. The van der Waals surface area contributed by atoms with Gasteiger partial charge in [-0.25, -0.2) is 4.98 Å². The van der Waals surface area contributed by atoms with Gasteiger partial charge in [-0.15, -0.1) is 0 Å². The Labute approximate surface area is 151 Å². The number of likely N-dealkylation sites (N-methyl/N-ethyl adjacent to an activating group) is 1. The fourth-order valence-electron chi connectivity index (χ4n) is 2.92. The lowest BCUT2D eigenvalue weighted by Gasteiger charge is -2.15. The first-order chi connectivity index (χ1) is 12.4. The van der Waals surface area contributed by atoms with Crippen molar-refractivity contribution < 1.29 is 9.69 Å². The van der Waals surface area contributed by atoms with E-state index in [4.69, 9.17) is 0 Å². The largest absolute Gasteiger partial charge is 0.323 e. The van der Waals surface area contributed by atoms with Crippen LogP contribution in [0, 0.1) is 13.8 Å². The Morgan fingerprint density at radius 2 is 1.92 bits per heavy atom. The zero-order valence-corrected chi connectivity index (χ0v) is 15.2. The number of carbonyl (C=O) groups is 1. The summed E-state index contributed by atoms with van der Waals surface area (Å²) in [5.41, 5.74) is 3.55. The zero-order valence-electron chi connectivity index (χ0n) is 15.2. The number of rotatable bonds is 5. The molecule has 1 unspecified atom stereocenters. The molecule has 1 aromatic heterocycles. The van der Waals surface area contributed by atoms with Crippen LogP contribution in [0.1, 0.15) is 17.0 Å². The summed E-state index contributed by atoms with van der Waals surface area (Å²) in [7, 11) is 1.90. The Balaban J connectivity index is 1.67. The summed E-state index contributed by atoms with van der Waals surface area (Å²) in [4.78, 5) is 32.7. The number of H-pyrrole nitrogens is 1. The number of amides is 1. The number of para-hydroxylation sites is 1. The Hall–Kier alpha value is -2.99. The lowest BCUT2D eigenvalue weighted by atomic mass is 10.1. The molecular formula is C20H23N4O2+. The maximum atomic E-state index is 12.3. The summed E-state index contributed by atoms with van der Waals surface area (Å²) in [6.45, 7) is 4.75. The van der Waals surface area contributed by atoms with E-state index in [-0.39, 0.29) is 18.0 Å². The number of carbonyl (C=O) groups excluding carboxylic acids is 1. The van der Waals surface area contributed by atoms with Gasteiger partial charge in [-0.05, 0) is 43.2 Å². The second-order valence-electron chi connectivity index (χ2n) is 6.64. The van der Waals surface area contributed by atoms with E-state index in [0.717, 1.165) is 21.7 Å². The Morgan fingerprint density at radius 1 is 1.15 bits per heavy atom. The number of aromatic nitrogens is 2. The number of nitrogens with one attached hydrogen (secondary N) is 3. The highest BCUT2D eigenvalue weighted by molar-refractivity contribution is 5.92. The lowest BCUT2D eigenvalue weighted by Crippen LogP contribution is -3.08. The maximum absolute atomic E-state index is 12.3. The van der Waals surface area contributed by atoms with Gasteiger partial charge in [-0.2, -0.15) is 0 Å². The van der Waals surface area contributed by atoms with Crippen LogP contribution in [0.2, 0.25) is 0 Å². The van der Waals surface area contributed by atoms with Gasteiger partial charge in [0, 0.05) is 5.69 Å². The average Bonchev–Trinajstić information content (AvgIpc) is 2.59. The quantitative estimate of drug-likeness (QED) is 0.646. The number of quaternary nitrogens is 1. The summed E-state index contributed by atoms with van der Waals surface area (Å²) in [6.07, 6.45) is 0. The van der Waals surface area contributed by atoms with Gasteiger partial charge in [0.2, 0.25) is 0 Å². The number of nitrogens with zero attached hydrogens (tertiary/aromatic N) is 1. The standard InChI is InChI=1S/C20H22N4O2/c1-13-7-6-10-16(14(13)2)22-19(25)12-24(3)11-18-21-17-9-5-4-8-15(17)20(26)23-18/h4-10H,11-12H2,1-3H3,(H,22,25)(H,21,23,26)/p+1. The minimum absolute atomic E-state index is 0.0701. The molecule has 0 spiro atoms. The third-order valence-corrected chi connectivity index (χ3v) is 4.47. The summed E-state index contributed by atoms with van der Waals surface area (Å²) in [6, 6.07) is 13.1. The minimum Gasteiger partial charge on any atom is -0.323 e. The van der Waals surface area contributed by atoms with Gasteiger partial charge in [0.05, 0.1) is 18.0 Å². The first-order valence-corrected chi connectivity index (χ1v) is 8.59. The normalized spacial score (nSPS) is 12.1. The molecule has 0 saturated carbocycles. The van der Waals surface area contributed by atoms with Crippen molar-refractivity contribution in [2.24, 2.45) is 0 Å². The monoisotopic (exact) mass is 351 g/mol. The molecule has 1 atom stereocenters. The topological polar surface area (TPSA) is 79.3 Å². The maximum Gasteiger partial charge on any atom is 0.279 e. The fraction of sp³-hybridized carbons (Fsp3) is 0.250. The number of benzene rings is 2. The predicted octanol–water partition coefficient (Wildman–Crippen LogP) is 1.19. The molecule has 134 valence electrons. The summed E-state index contributed by atoms with van der Waals surface area (Å²) >= 11 is 0. The smallest absolute Gasteiger partial charge is 0.279 e. The van der Waals surface area contributed by atoms with Crippen LogP contribution >= 0.6 is 0 Å². The Bertz CT molecular complexity index is 1010. The molecule has 0 aliphatic carbocycles. The van der Waals surface area contributed by atoms with Crippen molar-refractivity contribution in [1.29, 1.82) is 0 Å². The fourth-order valence-corrected chi connectivity index (χ4v) is 2.92. The van der Waals surface area contributed by atoms with Crippen LogP contribution in [0.5, 0.6) is 0 Å². The molecular weight excluding hydrogens is 328 g/mol. The first-order valence-electron chi connectivity index (χ1n) is 8.59. The summed E-state index contributed by atoms with van der Waals surface area (Å²) in [5, 5.41) is 3.53. The minimum atomic E-state index is -0.154. The van der Waals surface area contributed by atoms with E-state index in [2.05, 4.69) is 15.3 Å². The zero-order chi connectivity index (χ0) is 18.7. The van der Waals surface area contributed by atoms with Crippen LogP contribution in [0.15, 0.2) is 47.3 Å². The van der Waals surface area contributed by atoms with E-state index in [1.165, 1.54) is 0 Å². The second kappa shape index (κ2) is 7.49. The number of hydrogen-bond acceptors (Lipinski definition) is 3. The molecule has 1 amide bonds. The lowest BCUT2D eigenvalue weighted by molar-refractivity contribution is -0.885. The van der Waals surface area contributed by atoms with Gasteiger partial charge in [0.1, 0.15) is 6.54 Å². The molecule has 6 heteroatoms. The van der Waals surface area contributed by atoms with Crippen molar-refractivity contribution in [2.45, 2.75) is 20.4 Å². The molecule has 1 heterocycles. The van der Waals surface area contributed by atoms with E-state index < -0.39 is 0 Å². The second-order valence-corrected chi connectivity index (χ2v) is 6.64. The molecule has 0 saturated heterocycles. The van der Waals surface area contributed by atoms with Crippen molar-refractivity contribution >= 4 is 22.5 Å². The molecule has 0 bridgehead atoms. The van der Waals surface area contributed by atoms with Gasteiger partial charge in [0.25, 0.3) is 11.5 Å². The number of aromatic amines is 1. The van der Waals surface area contributed by atoms with Crippen molar-refractivity contribution in [3.05, 3.63) is 69.8 Å². The van der Waals surface area contributed by atoms with Crippen LogP contribution in [0.3, 0.4) is 0 Å². The van der Waals surface area contributed by atoms with Crippen LogP contribution in [-0.4, -0.2) is 29.5 Å². The van der Waals surface area contributed by atoms with Gasteiger partial charge in [-0.3, -0.25) is 9.59 Å². The summed E-state index contributed by atoms with van der Waals surface area (Å²) in [5.74, 6) is 0.505. The average molecular weight is 351 g/mol. The third-order valence-electron chi connectivity index (χ3n) is 4.47. The highest BCUT2D eigenvalue weighted by Gasteiger charge is 2.14. The highest BCUT2D eigenvalue weighted by Crippen LogP contribution is 2.17. The number of hydrogen-bond donors (Lipinski definition) is 3. The van der Waals surface area contributed by atoms with E-state index in [9.17, 15) is 9.59 Å². The van der Waals surface area contributed by atoms with Crippen LogP contribution in [-0.2, 0) is 11.3 Å². The molecule has 0 aliphatic rings. The first kappa shape index (κ1) is 17.8. The molecule has 0 aliphatic heterocycles. The molecule has 0 radical (unpaired) electrons. The van der Waals surface area contributed by atoms with Gasteiger partial charge >= 0.3 is 0 Å². The molecule has 0 fully saturated rings. The van der Waals surface area contributed by atoms with Crippen LogP contribution < -0.4 is 15.8 Å². The highest BCUT2D eigenvalue weighted by atomic mass is 16.2. The Morgan fingerprint density at radius 3 is 2.73 bits per heavy atom. The number of aryl methyl sites for hydroxylation is 1. The van der Waals surface area contributed by atoms with Crippen LogP contribution in [0.25, 0.3) is 10.9 Å². The predicted molar refractivity (Wildman–Crippen MR) is 102 cm³/mol. The summed E-state index contributed by atoms with van der Waals surface area (Å²) < 4.78 is 0. The molecule has 6 nitrogen and oxygen atoms in total. The third kappa shape index (κ3) is 3.97. The van der Waals surface area contributed by atoms with E-state index in [1.54, 1.807) is 6.07 Å². The molecule has 26 heavy (non-hydrogen) atoms. The van der Waals surface area contributed by atoms with E-state index in [0.29, 0.717) is 23.3 Å². The van der Waals surface area contributed by atoms with Crippen molar-refractivity contribution in [3.63, 3.8) is 0 Å². The van der Waals surface area contributed by atoms with Crippen molar-refractivity contribution in [1.82, 2.24) is 9.97 Å². The van der Waals surface area contributed by atoms with Crippen molar-refractivity contribution in [3.8, 4) is 0 Å². The van der Waals surface area contributed by atoms with Crippen molar-refractivity contribution in [2.75, 3.05) is 18.9 Å². The van der Waals surface area contributed by atoms with Gasteiger partial charge < -0.3 is 15.2 Å².